The van der Waals surface area contributed by atoms with Gasteiger partial charge in [0, 0.05) is 37.7 Å². The van der Waals surface area contributed by atoms with E-state index in [2.05, 4.69) is 4.90 Å². The third-order valence-corrected chi connectivity index (χ3v) is 5.71. The molecular formula is C14H21ClN2O3S. The molecule has 1 fully saturated rings. The fourth-order valence-corrected chi connectivity index (χ4v) is 3.45. The summed E-state index contributed by atoms with van der Waals surface area (Å²) >= 11 is 5.81. The fourth-order valence-electron chi connectivity index (χ4n) is 2.24. The average molecular weight is 333 g/mol. The maximum Gasteiger partial charge on any atom is 0.213 e. The van der Waals surface area contributed by atoms with Crippen LogP contribution in [0.15, 0.2) is 24.3 Å². The molecule has 0 bridgehead atoms. The average Bonchev–Trinajstić information content (AvgIpc) is 2.50. The van der Waals surface area contributed by atoms with Gasteiger partial charge in [-0.25, -0.2) is 8.42 Å². The van der Waals surface area contributed by atoms with Crippen LogP contribution < -0.4 is 4.74 Å². The van der Waals surface area contributed by atoms with Crippen LogP contribution in [0.4, 0.5) is 0 Å². The van der Waals surface area contributed by atoms with Crippen molar-refractivity contribution in [2.24, 2.45) is 0 Å². The van der Waals surface area contributed by atoms with Crippen LogP contribution in [0.1, 0.15) is 6.92 Å². The van der Waals surface area contributed by atoms with E-state index in [0.29, 0.717) is 24.7 Å². The lowest BCUT2D eigenvalue weighted by molar-refractivity contribution is 0.159. The molecule has 1 aliphatic heterocycles. The van der Waals surface area contributed by atoms with Crippen LogP contribution in [-0.4, -0.2) is 62.7 Å². The molecule has 1 aliphatic rings. The van der Waals surface area contributed by atoms with Crippen LogP contribution in [0.25, 0.3) is 0 Å². The van der Waals surface area contributed by atoms with Gasteiger partial charge < -0.3 is 4.74 Å². The van der Waals surface area contributed by atoms with Gasteiger partial charge in [0.2, 0.25) is 10.0 Å². The molecule has 2 rings (SSSR count). The van der Waals surface area contributed by atoms with E-state index in [1.54, 1.807) is 23.4 Å². The summed E-state index contributed by atoms with van der Waals surface area (Å²) in [6.45, 7) is 5.70. The second-order valence-corrected chi connectivity index (χ2v) is 7.64. The molecular weight excluding hydrogens is 312 g/mol. The van der Waals surface area contributed by atoms with Crippen molar-refractivity contribution in [3.63, 3.8) is 0 Å². The van der Waals surface area contributed by atoms with Gasteiger partial charge in [-0.3, -0.25) is 4.90 Å². The highest BCUT2D eigenvalue weighted by Gasteiger charge is 2.24. The first-order valence-corrected chi connectivity index (χ1v) is 9.08. The predicted octanol–water partition coefficient (Wildman–Crippen LogP) is 1.69. The lowest BCUT2D eigenvalue weighted by Crippen LogP contribution is -2.49. The van der Waals surface area contributed by atoms with Crippen molar-refractivity contribution >= 4 is 21.6 Å². The van der Waals surface area contributed by atoms with E-state index in [-0.39, 0.29) is 5.75 Å². The van der Waals surface area contributed by atoms with Crippen molar-refractivity contribution in [3.05, 3.63) is 29.3 Å². The van der Waals surface area contributed by atoms with Gasteiger partial charge in [0.1, 0.15) is 12.4 Å². The first kappa shape index (κ1) is 16.5. The number of halogens is 1. The monoisotopic (exact) mass is 332 g/mol. The molecule has 0 N–H and O–H groups in total. The molecule has 0 amide bonds. The second kappa shape index (κ2) is 7.45. The molecule has 0 saturated carbocycles. The van der Waals surface area contributed by atoms with E-state index in [1.165, 1.54) is 0 Å². The highest BCUT2D eigenvalue weighted by Crippen LogP contribution is 2.15. The Kier molecular flexibility index (Phi) is 5.87. The summed E-state index contributed by atoms with van der Waals surface area (Å²) < 4.78 is 30.7. The standard InChI is InChI=1S/C14H21ClN2O3S/c1-2-21(18,19)17-9-7-16(8-10-17)11-12-20-14-5-3-13(15)4-6-14/h3-6H,2,7-12H2,1H3. The Balaban J connectivity index is 1.71. The highest BCUT2D eigenvalue weighted by atomic mass is 35.5. The number of sulfonamides is 1. The summed E-state index contributed by atoms with van der Waals surface area (Å²) in [5, 5.41) is 0.690. The third-order valence-electron chi connectivity index (χ3n) is 3.58. The highest BCUT2D eigenvalue weighted by molar-refractivity contribution is 7.89. The molecule has 21 heavy (non-hydrogen) atoms. The summed E-state index contributed by atoms with van der Waals surface area (Å²) in [7, 11) is -3.05. The van der Waals surface area contributed by atoms with Crippen molar-refractivity contribution < 1.29 is 13.2 Å². The minimum atomic E-state index is -3.05. The first-order chi connectivity index (χ1) is 10.0. The number of hydrogen-bond acceptors (Lipinski definition) is 4. The second-order valence-electron chi connectivity index (χ2n) is 4.94. The largest absolute Gasteiger partial charge is 0.492 e. The van der Waals surface area contributed by atoms with Gasteiger partial charge >= 0.3 is 0 Å². The van der Waals surface area contributed by atoms with Crippen molar-refractivity contribution in [1.82, 2.24) is 9.21 Å². The van der Waals surface area contributed by atoms with Crippen LogP contribution in [0.2, 0.25) is 5.02 Å². The van der Waals surface area contributed by atoms with E-state index < -0.39 is 10.0 Å². The Morgan fingerprint density at radius 1 is 1.14 bits per heavy atom. The van der Waals surface area contributed by atoms with Crippen molar-refractivity contribution in [2.75, 3.05) is 45.1 Å². The molecule has 0 spiro atoms. The van der Waals surface area contributed by atoms with Crippen LogP contribution in [0.3, 0.4) is 0 Å². The van der Waals surface area contributed by atoms with E-state index in [4.69, 9.17) is 16.3 Å². The number of piperazine rings is 1. The Morgan fingerprint density at radius 2 is 1.76 bits per heavy atom. The van der Waals surface area contributed by atoms with Gasteiger partial charge in [0.15, 0.2) is 0 Å². The normalized spacial score (nSPS) is 17.8. The van der Waals surface area contributed by atoms with Gasteiger partial charge in [-0.1, -0.05) is 11.6 Å². The zero-order valence-electron chi connectivity index (χ0n) is 12.2. The summed E-state index contributed by atoms with van der Waals surface area (Å²) in [6, 6.07) is 7.28. The lowest BCUT2D eigenvalue weighted by atomic mass is 10.3. The van der Waals surface area contributed by atoms with Gasteiger partial charge in [-0.15, -0.1) is 0 Å². The number of rotatable bonds is 6. The first-order valence-electron chi connectivity index (χ1n) is 7.10. The Labute approximate surface area is 131 Å². The van der Waals surface area contributed by atoms with E-state index in [1.807, 2.05) is 12.1 Å². The smallest absolute Gasteiger partial charge is 0.213 e. The number of ether oxygens (including phenoxy) is 1. The Morgan fingerprint density at radius 3 is 2.33 bits per heavy atom. The van der Waals surface area contributed by atoms with Crippen LogP contribution in [-0.2, 0) is 10.0 Å². The zero-order chi connectivity index (χ0) is 15.3. The topological polar surface area (TPSA) is 49.9 Å². The van der Waals surface area contributed by atoms with E-state index in [9.17, 15) is 8.42 Å². The Hall–Kier alpha value is -0.820. The molecule has 0 aliphatic carbocycles. The number of nitrogens with zero attached hydrogens (tertiary/aromatic N) is 2. The summed E-state index contributed by atoms with van der Waals surface area (Å²) in [5.41, 5.74) is 0. The maximum absolute atomic E-state index is 11.8. The van der Waals surface area contributed by atoms with Crippen LogP contribution >= 0.6 is 11.6 Å². The van der Waals surface area contributed by atoms with E-state index >= 15 is 0 Å². The molecule has 0 atom stereocenters. The molecule has 1 saturated heterocycles. The summed E-state index contributed by atoms with van der Waals surface area (Å²) in [6.07, 6.45) is 0. The van der Waals surface area contributed by atoms with Crippen LogP contribution in [0, 0.1) is 0 Å². The Bertz CT molecular complexity index is 540. The van der Waals surface area contributed by atoms with Gasteiger partial charge in [-0.05, 0) is 31.2 Å². The molecule has 7 heteroatoms. The van der Waals surface area contributed by atoms with E-state index in [0.717, 1.165) is 25.4 Å². The van der Waals surface area contributed by atoms with Crippen LogP contribution in [0.5, 0.6) is 5.75 Å². The van der Waals surface area contributed by atoms with Crippen molar-refractivity contribution in [3.8, 4) is 5.75 Å². The number of benzene rings is 1. The molecule has 1 aromatic carbocycles. The zero-order valence-corrected chi connectivity index (χ0v) is 13.7. The van der Waals surface area contributed by atoms with Crippen molar-refractivity contribution in [2.45, 2.75) is 6.92 Å². The maximum atomic E-state index is 11.8. The minimum absolute atomic E-state index is 0.173. The lowest BCUT2D eigenvalue weighted by Gasteiger charge is -2.33. The SMILES string of the molecule is CCS(=O)(=O)N1CCN(CCOc2ccc(Cl)cc2)CC1. The minimum Gasteiger partial charge on any atom is -0.492 e. The van der Waals surface area contributed by atoms with Crippen molar-refractivity contribution in [1.29, 1.82) is 0 Å². The molecule has 0 radical (unpaired) electrons. The number of hydrogen-bond donors (Lipinski definition) is 0. The molecule has 118 valence electrons. The van der Waals surface area contributed by atoms with Gasteiger partial charge in [0.25, 0.3) is 0 Å². The molecule has 0 unspecified atom stereocenters. The van der Waals surface area contributed by atoms with Gasteiger partial charge in [-0.2, -0.15) is 4.31 Å². The van der Waals surface area contributed by atoms with Gasteiger partial charge in [0.05, 0.1) is 5.75 Å². The molecule has 1 aromatic rings. The molecule has 0 aromatic heterocycles. The quantitative estimate of drug-likeness (QED) is 0.795. The predicted molar refractivity (Wildman–Crippen MR) is 84.4 cm³/mol. The molecule has 5 nitrogen and oxygen atoms in total. The fraction of sp³-hybridized carbons (Fsp3) is 0.571. The summed E-state index contributed by atoms with van der Waals surface area (Å²) in [4.78, 5) is 2.22. The summed E-state index contributed by atoms with van der Waals surface area (Å²) in [5.74, 6) is 0.971. The third kappa shape index (κ3) is 4.85. The molecule has 1 heterocycles.